The van der Waals surface area contributed by atoms with Gasteiger partial charge in [0.25, 0.3) is 0 Å². The van der Waals surface area contributed by atoms with E-state index in [1.54, 1.807) is 7.11 Å². The maximum absolute atomic E-state index is 5.25. The van der Waals surface area contributed by atoms with Crippen molar-refractivity contribution in [2.45, 2.75) is 45.2 Å². The molecule has 1 aliphatic heterocycles. The number of nitrogens with one attached hydrogen (secondary N) is 1. The molecule has 0 aromatic rings. The maximum Gasteiger partial charge on any atom is 0.0615 e. The summed E-state index contributed by atoms with van der Waals surface area (Å²) in [5.74, 6) is 0. The summed E-state index contributed by atoms with van der Waals surface area (Å²) in [6.07, 6.45) is 4.01. The minimum Gasteiger partial charge on any atom is -0.383 e. The summed E-state index contributed by atoms with van der Waals surface area (Å²) in [6, 6.07) is 1.23. The zero-order valence-corrected chi connectivity index (χ0v) is 10.5. The van der Waals surface area contributed by atoms with E-state index in [0.717, 1.165) is 19.7 Å². The first-order valence-corrected chi connectivity index (χ1v) is 6.25. The standard InChI is InChI=1S/C12H26N2O/c1-4-14(11(2)10-15-3)12-7-5-6-8-13-9-12/h11-13H,4-10H2,1-3H3. The van der Waals surface area contributed by atoms with Gasteiger partial charge in [0, 0.05) is 25.7 Å². The third kappa shape index (κ3) is 4.09. The lowest BCUT2D eigenvalue weighted by molar-refractivity contribution is 0.0712. The largest absolute Gasteiger partial charge is 0.383 e. The van der Waals surface area contributed by atoms with Crippen LogP contribution in [0.2, 0.25) is 0 Å². The van der Waals surface area contributed by atoms with Crippen molar-refractivity contribution in [1.82, 2.24) is 10.2 Å². The zero-order chi connectivity index (χ0) is 11.1. The van der Waals surface area contributed by atoms with Crippen LogP contribution in [0.4, 0.5) is 0 Å². The molecule has 1 saturated heterocycles. The average molecular weight is 214 g/mol. The van der Waals surface area contributed by atoms with E-state index in [2.05, 4.69) is 24.1 Å². The van der Waals surface area contributed by atoms with E-state index in [0.29, 0.717) is 12.1 Å². The maximum atomic E-state index is 5.25. The Balaban J connectivity index is 2.47. The Hall–Kier alpha value is -0.120. The predicted octanol–water partition coefficient (Wildman–Crippen LogP) is 1.49. The van der Waals surface area contributed by atoms with E-state index in [4.69, 9.17) is 4.74 Å². The summed E-state index contributed by atoms with van der Waals surface area (Å²) in [6.45, 7) is 8.80. The monoisotopic (exact) mass is 214 g/mol. The molecule has 2 atom stereocenters. The number of rotatable bonds is 5. The summed E-state index contributed by atoms with van der Waals surface area (Å²) >= 11 is 0. The van der Waals surface area contributed by atoms with Crippen LogP contribution in [-0.2, 0) is 4.74 Å². The molecule has 2 unspecified atom stereocenters. The van der Waals surface area contributed by atoms with E-state index in [9.17, 15) is 0 Å². The Bertz CT molecular complexity index is 156. The van der Waals surface area contributed by atoms with Crippen molar-refractivity contribution < 1.29 is 4.74 Å². The lowest BCUT2D eigenvalue weighted by Crippen LogP contribution is -2.47. The molecule has 1 rings (SSSR count). The van der Waals surface area contributed by atoms with Crippen LogP contribution in [0.25, 0.3) is 0 Å². The van der Waals surface area contributed by atoms with E-state index in [1.807, 2.05) is 0 Å². The van der Waals surface area contributed by atoms with E-state index >= 15 is 0 Å². The van der Waals surface area contributed by atoms with Crippen molar-refractivity contribution in [1.29, 1.82) is 0 Å². The molecule has 1 fully saturated rings. The molecule has 90 valence electrons. The SMILES string of the molecule is CCN(C(C)COC)C1CCCCNC1. The predicted molar refractivity (Wildman–Crippen MR) is 64.2 cm³/mol. The van der Waals surface area contributed by atoms with E-state index in [-0.39, 0.29) is 0 Å². The fraction of sp³-hybridized carbons (Fsp3) is 1.00. The van der Waals surface area contributed by atoms with Gasteiger partial charge in [-0.25, -0.2) is 0 Å². The zero-order valence-electron chi connectivity index (χ0n) is 10.5. The molecule has 1 N–H and O–H groups in total. The molecule has 0 saturated carbocycles. The molecule has 0 aromatic carbocycles. The van der Waals surface area contributed by atoms with Gasteiger partial charge in [0.1, 0.15) is 0 Å². The minimum absolute atomic E-state index is 0.532. The van der Waals surface area contributed by atoms with Crippen LogP contribution in [0, 0.1) is 0 Å². The first-order chi connectivity index (χ1) is 7.29. The lowest BCUT2D eigenvalue weighted by atomic mass is 10.1. The molecule has 0 spiro atoms. The summed E-state index contributed by atoms with van der Waals surface area (Å²) in [4.78, 5) is 2.57. The van der Waals surface area contributed by atoms with Crippen molar-refractivity contribution in [3.63, 3.8) is 0 Å². The Kier molecular flexibility index (Phi) is 6.22. The molecular weight excluding hydrogens is 188 g/mol. The van der Waals surface area contributed by atoms with Crippen molar-refractivity contribution in [3.05, 3.63) is 0 Å². The van der Waals surface area contributed by atoms with Crippen LogP contribution in [0.5, 0.6) is 0 Å². The van der Waals surface area contributed by atoms with Gasteiger partial charge in [-0.15, -0.1) is 0 Å². The Morgan fingerprint density at radius 2 is 2.27 bits per heavy atom. The third-order valence-corrected chi connectivity index (χ3v) is 3.33. The van der Waals surface area contributed by atoms with Crippen LogP contribution < -0.4 is 5.32 Å². The molecule has 0 radical (unpaired) electrons. The molecule has 1 aliphatic rings. The number of ether oxygens (including phenoxy) is 1. The Morgan fingerprint density at radius 3 is 2.93 bits per heavy atom. The lowest BCUT2D eigenvalue weighted by Gasteiger charge is -2.34. The fourth-order valence-corrected chi connectivity index (χ4v) is 2.55. The highest BCUT2D eigenvalue weighted by atomic mass is 16.5. The molecule has 3 heteroatoms. The van der Waals surface area contributed by atoms with Crippen LogP contribution in [0.3, 0.4) is 0 Å². The quantitative estimate of drug-likeness (QED) is 0.750. The summed E-state index contributed by atoms with van der Waals surface area (Å²) in [7, 11) is 1.79. The number of hydrogen-bond donors (Lipinski definition) is 1. The summed E-state index contributed by atoms with van der Waals surface area (Å²) in [5.41, 5.74) is 0. The molecule has 15 heavy (non-hydrogen) atoms. The van der Waals surface area contributed by atoms with Crippen molar-refractivity contribution >= 4 is 0 Å². The molecule has 0 aliphatic carbocycles. The Morgan fingerprint density at radius 1 is 1.47 bits per heavy atom. The highest BCUT2D eigenvalue weighted by molar-refractivity contribution is 4.79. The smallest absolute Gasteiger partial charge is 0.0615 e. The number of nitrogens with zero attached hydrogens (tertiary/aromatic N) is 1. The summed E-state index contributed by atoms with van der Waals surface area (Å²) < 4.78 is 5.25. The second-order valence-corrected chi connectivity index (χ2v) is 4.49. The molecule has 3 nitrogen and oxygen atoms in total. The topological polar surface area (TPSA) is 24.5 Å². The number of methoxy groups -OCH3 is 1. The van der Waals surface area contributed by atoms with Crippen LogP contribution in [0.15, 0.2) is 0 Å². The van der Waals surface area contributed by atoms with Gasteiger partial charge in [-0.05, 0) is 32.9 Å². The normalized spacial score (nSPS) is 25.2. The minimum atomic E-state index is 0.532. The molecule has 0 aromatic heterocycles. The van der Waals surface area contributed by atoms with Gasteiger partial charge < -0.3 is 10.1 Å². The average Bonchev–Trinajstić information content (AvgIpc) is 2.48. The number of likely N-dealkylation sites (N-methyl/N-ethyl adjacent to an activating group) is 1. The molecule has 0 bridgehead atoms. The van der Waals surface area contributed by atoms with Gasteiger partial charge >= 0.3 is 0 Å². The highest BCUT2D eigenvalue weighted by Crippen LogP contribution is 2.14. The van der Waals surface area contributed by atoms with Gasteiger partial charge in [-0.2, -0.15) is 0 Å². The second kappa shape index (κ2) is 7.20. The van der Waals surface area contributed by atoms with Crippen molar-refractivity contribution in [2.24, 2.45) is 0 Å². The second-order valence-electron chi connectivity index (χ2n) is 4.49. The third-order valence-electron chi connectivity index (χ3n) is 3.33. The van der Waals surface area contributed by atoms with E-state index in [1.165, 1.54) is 25.8 Å². The van der Waals surface area contributed by atoms with Gasteiger partial charge in [-0.1, -0.05) is 13.3 Å². The van der Waals surface area contributed by atoms with Gasteiger partial charge in [0.2, 0.25) is 0 Å². The molecular formula is C12H26N2O. The first-order valence-electron chi connectivity index (χ1n) is 6.25. The van der Waals surface area contributed by atoms with Gasteiger partial charge in [0.05, 0.1) is 6.61 Å². The first kappa shape index (κ1) is 12.9. The highest BCUT2D eigenvalue weighted by Gasteiger charge is 2.22. The van der Waals surface area contributed by atoms with Crippen molar-refractivity contribution in [2.75, 3.05) is 33.4 Å². The summed E-state index contributed by atoms with van der Waals surface area (Å²) in [5, 5.41) is 3.53. The van der Waals surface area contributed by atoms with Crippen LogP contribution in [0.1, 0.15) is 33.1 Å². The van der Waals surface area contributed by atoms with Gasteiger partial charge in [0.15, 0.2) is 0 Å². The van der Waals surface area contributed by atoms with E-state index < -0.39 is 0 Å². The fourth-order valence-electron chi connectivity index (χ4n) is 2.55. The number of hydrogen-bond acceptors (Lipinski definition) is 3. The van der Waals surface area contributed by atoms with Crippen molar-refractivity contribution in [3.8, 4) is 0 Å². The van der Waals surface area contributed by atoms with Gasteiger partial charge in [-0.3, -0.25) is 4.90 Å². The Labute approximate surface area is 94.2 Å². The molecule has 1 heterocycles. The van der Waals surface area contributed by atoms with Crippen LogP contribution in [-0.4, -0.2) is 50.3 Å². The molecule has 0 amide bonds. The van der Waals surface area contributed by atoms with Crippen LogP contribution >= 0.6 is 0 Å².